The molecule has 0 fully saturated rings. The van der Waals surface area contributed by atoms with Crippen LogP contribution in [0.1, 0.15) is 44.2 Å². The number of nitrogens with two attached hydrogens (primary N) is 3. The number of amides is 3. The number of nitrogens with one attached hydrogen (secondary N) is 5. The van der Waals surface area contributed by atoms with Crippen LogP contribution in [0.5, 0.6) is 0 Å². The summed E-state index contributed by atoms with van der Waals surface area (Å²) in [5, 5.41) is 19.9. The Balaban J connectivity index is 1.52. The van der Waals surface area contributed by atoms with Crippen molar-refractivity contribution in [1.82, 2.24) is 25.9 Å². The van der Waals surface area contributed by atoms with Gasteiger partial charge in [0.1, 0.15) is 18.1 Å². The molecule has 4 unspecified atom stereocenters. The van der Waals surface area contributed by atoms with E-state index in [0.29, 0.717) is 13.0 Å². The largest absolute Gasteiger partial charge is 0.480 e. The number of carboxylic acid groups (broad SMARTS) is 1. The molecule has 4 atom stereocenters. The van der Waals surface area contributed by atoms with Gasteiger partial charge in [-0.2, -0.15) is 0 Å². The topological polar surface area (TPSA) is 247 Å². The number of aromatic nitrogens is 2. The summed E-state index contributed by atoms with van der Waals surface area (Å²) in [7, 11) is 0. The summed E-state index contributed by atoms with van der Waals surface area (Å²) in [6.07, 6.45) is 4.59. The van der Waals surface area contributed by atoms with E-state index in [1.54, 1.807) is 12.4 Å². The quantitative estimate of drug-likeness (QED) is 0.0454. The fourth-order valence-corrected chi connectivity index (χ4v) is 5.63. The smallest absolute Gasteiger partial charge is 0.326 e. The molecule has 0 radical (unpaired) electrons. The molecule has 14 nitrogen and oxygen atoms in total. The predicted octanol–water partition coefficient (Wildman–Crippen LogP) is 1.40. The minimum atomic E-state index is -1.25. The number of hydrogen-bond donors (Lipinski definition) is 9. The van der Waals surface area contributed by atoms with Crippen LogP contribution >= 0.6 is 0 Å². The van der Waals surface area contributed by atoms with Gasteiger partial charge in [-0.25, -0.2) is 4.79 Å². The lowest BCUT2D eigenvalue weighted by Gasteiger charge is -2.26. The molecule has 3 amide bonds. The number of carboxylic acids is 1. The van der Waals surface area contributed by atoms with Gasteiger partial charge in [-0.1, -0.05) is 50.2 Å². The number of para-hydroxylation sites is 2. The van der Waals surface area contributed by atoms with Crippen LogP contribution in [0.25, 0.3) is 21.8 Å². The third-order valence-corrected chi connectivity index (χ3v) is 8.09. The molecule has 256 valence electrons. The second-order valence-electron chi connectivity index (χ2n) is 12.3. The molecule has 0 saturated heterocycles. The minimum Gasteiger partial charge on any atom is -0.480 e. The van der Waals surface area contributed by atoms with Gasteiger partial charge < -0.3 is 48.2 Å². The maximum absolute atomic E-state index is 13.9. The number of fused-ring (bicyclic) bond motifs is 2. The Morgan fingerprint density at radius 2 is 1.27 bits per heavy atom. The molecule has 2 aromatic carbocycles. The number of benzene rings is 2. The van der Waals surface area contributed by atoms with Crippen molar-refractivity contribution in [2.75, 3.05) is 6.54 Å². The lowest BCUT2D eigenvalue weighted by molar-refractivity contribution is -0.142. The molecule has 0 saturated carbocycles. The standard InChI is InChI=1S/C34H45N9O5/c1-19(2)14-27(31(45)43-29(33(47)48)16-21-18-40-26-12-6-4-9-23(21)26)42-32(46)28(15-20-17-39-25-11-5-3-8-22(20)25)41-30(44)24(35)10-7-13-38-34(36)37/h3-6,8-9,11-12,17-19,24,27-29,39-40H,7,10,13-16,35H2,1-2H3,(H,41,44)(H,42,46)(H,43,45)(H,47,48)(H4,36,37,38). The molecule has 2 heterocycles. The van der Waals surface area contributed by atoms with Crippen molar-refractivity contribution in [2.45, 2.75) is 70.1 Å². The molecule has 48 heavy (non-hydrogen) atoms. The minimum absolute atomic E-state index is 0.0294. The van der Waals surface area contributed by atoms with Crippen LogP contribution in [0.2, 0.25) is 0 Å². The fourth-order valence-electron chi connectivity index (χ4n) is 5.63. The van der Waals surface area contributed by atoms with Gasteiger partial charge >= 0.3 is 5.97 Å². The first-order valence-corrected chi connectivity index (χ1v) is 16.0. The lowest BCUT2D eigenvalue weighted by Crippen LogP contribution is -2.58. The van der Waals surface area contributed by atoms with E-state index in [1.807, 2.05) is 62.4 Å². The van der Waals surface area contributed by atoms with Gasteiger partial charge in [0.05, 0.1) is 6.04 Å². The number of hydrogen-bond acceptors (Lipinski definition) is 6. The molecule has 0 spiro atoms. The average molecular weight is 660 g/mol. The number of carbonyl (C=O) groups excluding carboxylic acids is 3. The molecule has 2 aromatic heterocycles. The van der Waals surface area contributed by atoms with Crippen LogP contribution in [-0.2, 0) is 32.0 Å². The first-order valence-electron chi connectivity index (χ1n) is 16.0. The normalized spacial score (nSPS) is 13.8. The average Bonchev–Trinajstić information content (AvgIpc) is 3.65. The highest BCUT2D eigenvalue weighted by molar-refractivity contribution is 5.95. The van der Waals surface area contributed by atoms with Crippen molar-refractivity contribution in [3.8, 4) is 0 Å². The fraction of sp³-hybridized carbons (Fsp3) is 0.382. The molecule has 4 aromatic rings. The van der Waals surface area contributed by atoms with Crippen LogP contribution < -0.4 is 33.2 Å². The molecule has 0 bridgehead atoms. The summed E-state index contributed by atoms with van der Waals surface area (Å²) in [5.74, 6) is -3.09. The number of carbonyl (C=O) groups is 4. The van der Waals surface area contributed by atoms with E-state index in [0.717, 1.165) is 32.9 Å². The van der Waals surface area contributed by atoms with Gasteiger partial charge in [0.15, 0.2) is 5.96 Å². The summed E-state index contributed by atoms with van der Waals surface area (Å²) in [5.41, 5.74) is 20.1. The maximum Gasteiger partial charge on any atom is 0.326 e. The van der Waals surface area contributed by atoms with E-state index in [-0.39, 0.29) is 37.6 Å². The summed E-state index contributed by atoms with van der Waals surface area (Å²) in [6, 6.07) is 10.7. The Morgan fingerprint density at radius 3 is 1.81 bits per heavy atom. The monoisotopic (exact) mass is 659 g/mol. The zero-order chi connectivity index (χ0) is 34.8. The summed E-state index contributed by atoms with van der Waals surface area (Å²) < 4.78 is 0. The molecule has 0 aliphatic heterocycles. The van der Waals surface area contributed by atoms with E-state index in [9.17, 15) is 24.3 Å². The van der Waals surface area contributed by atoms with E-state index in [4.69, 9.17) is 17.2 Å². The second kappa shape index (κ2) is 16.5. The molecule has 0 aliphatic carbocycles. The highest BCUT2D eigenvalue weighted by Gasteiger charge is 2.31. The van der Waals surface area contributed by atoms with Crippen molar-refractivity contribution >= 4 is 51.5 Å². The Labute approximate surface area is 278 Å². The maximum atomic E-state index is 13.9. The SMILES string of the molecule is CC(C)CC(NC(=O)C(Cc1c[nH]c2ccccc12)NC(=O)C(N)CCCN=C(N)N)C(=O)NC(Cc1c[nH]c2ccccc12)C(=O)O. The summed E-state index contributed by atoms with van der Waals surface area (Å²) in [4.78, 5) is 63.2. The number of aliphatic imine (C=N–C) groups is 1. The number of rotatable bonds is 17. The molecule has 12 N–H and O–H groups in total. The van der Waals surface area contributed by atoms with Crippen molar-refractivity contribution in [3.05, 3.63) is 72.1 Å². The number of aliphatic carboxylic acids is 1. The van der Waals surface area contributed by atoms with Crippen LogP contribution in [0.3, 0.4) is 0 Å². The number of aromatic amines is 2. The first kappa shape index (κ1) is 35.5. The molecular weight excluding hydrogens is 614 g/mol. The van der Waals surface area contributed by atoms with Crippen LogP contribution in [0.4, 0.5) is 0 Å². The van der Waals surface area contributed by atoms with Crippen LogP contribution in [0.15, 0.2) is 65.9 Å². The molecule has 14 heteroatoms. The van der Waals surface area contributed by atoms with Gasteiger partial charge in [0, 0.05) is 53.6 Å². The first-order chi connectivity index (χ1) is 22.9. The van der Waals surface area contributed by atoms with Gasteiger partial charge in [0.2, 0.25) is 17.7 Å². The number of guanidine groups is 1. The third kappa shape index (κ3) is 9.58. The van der Waals surface area contributed by atoms with E-state index >= 15 is 0 Å². The van der Waals surface area contributed by atoms with E-state index in [1.165, 1.54) is 0 Å². The summed E-state index contributed by atoms with van der Waals surface area (Å²) >= 11 is 0. The Morgan fingerprint density at radius 1 is 0.771 bits per heavy atom. The Kier molecular flexibility index (Phi) is 12.2. The molecule has 0 aliphatic rings. The van der Waals surface area contributed by atoms with Crippen LogP contribution in [-0.4, -0.2) is 75.4 Å². The van der Waals surface area contributed by atoms with Gasteiger partial charge in [-0.15, -0.1) is 0 Å². The van der Waals surface area contributed by atoms with Crippen molar-refractivity contribution in [1.29, 1.82) is 0 Å². The van der Waals surface area contributed by atoms with E-state index in [2.05, 4.69) is 30.9 Å². The number of nitrogens with zero attached hydrogens (tertiary/aromatic N) is 1. The lowest BCUT2D eigenvalue weighted by atomic mass is 9.99. The van der Waals surface area contributed by atoms with Crippen molar-refractivity contribution < 1.29 is 24.3 Å². The zero-order valence-electron chi connectivity index (χ0n) is 27.2. The van der Waals surface area contributed by atoms with Crippen molar-refractivity contribution in [2.24, 2.45) is 28.1 Å². The Bertz CT molecular complexity index is 1760. The van der Waals surface area contributed by atoms with Gasteiger partial charge in [-0.05, 0) is 48.4 Å². The molecular formula is C34H45N9O5. The molecule has 4 rings (SSSR count). The van der Waals surface area contributed by atoms with Gasteiger partial charge in [0.25, 0.3) is 0 Å². The third-order valence-electron chi connectivity index (χ3n) is 8.09. The van der Waals surface area contributed by atoms with Crippen molar-refractivity contribution in [3.63, 3.8) is 0 Å². The Hall–Kier alpha value is -5.37. The zero-order valence-corrected chi connectivity index (χ0v) is 27.2. The van der Waals surface area contributed by atoms with E-state index < -0.39 is 47.9 Å². The van der Waals surface area contributed by atoms with Crippen LogP contribution in [0, 0.1) is 5.92 Å². The highest BCUT2D eigenvalue weighted by Crippen LogP contribution is 2.21. The second-order valence-corrected chi connectivity index (χ2v) is 12.3. The predicted molar refractivity (Wildman–Crippen MR) is 185 cm³/mol. The summed E-state index contributed by atoms with van der Waals surface area (Å²) in [6.45, 7) is 4.07. The highest BCUT2D eigenvalue weighted by atomic mass is 16.4. The number of H-pyrrole nitrogens is 2. The van der Waals surface area contributed by atoms with Gasteiger partial charge in [-0.3, -0.25) is 19.4 Å².